The molecule has 110 valence electrons. The Morgan fingerprint density at radius 3 is 1.94 bits per heavy atom. The molecule has 0 aliphatic heterocycles. The summed E-state index contributed by atoms with van der Waals surface area (Å²) < 4.78 is 16.1. The van der Waals surface area contributed by atoms with Gasteiger partial charge in [0.2, 0.25) is 0 Å². The second kappa shape index (κ2) is 8.41. The summed E-state index contributed by atoms with van der Waals surface area (Å²) in [6.45, 7) is 8.67. The van der Waals surface area contributed by atoms with E-state index in [1.165, 1.54) is 0 Å². The summed E-state index contributed by atoms with van der Waals surface area (Å²) in [6, 6.07) is 0.825. The van der Waals surface area contributed by atoms with Crippen LogP contribution in [0.15, 0.2) is 0 Å². The Morgan fingerprint density at radius 1 is 1.06 bits per heavy atom. The Labute approximate surface area is 114 Å². The van der Waals surface area contributed by atoms with Crippen LogP contribution in [0, 0.1) is 0 Å². The van der Waals surface area contributed by atoms with E-state index in [1.54, 1.807) is 21.3 Å². The fourth-order valence-electron chi connectivity index (χ4n) is 1.55. The van der Waals surface area contributed by atoms with Crippen molar-refractivity contribution in [1.82, 2.24) is 5.32 Å². The van der Waals surface area contributed by atoms with E-state index in [0.717, 1.165) is 25.6 Å². The molecule has 0 aromatic rings. The molecule has 0 bridgehead atoms. The van der Waals surface area contributed by atoms with Gasteiger partial charge in [0.25, 0.3) is 0 Å². The maximum Gasteiger partial charge on any atom is 0.500 e. The largest absolute Gasteiger partial charge is 0.500 e. The lowest BCUT2D eigenvalue weighted by atomic mass is 10.4. The Kier molecular flexibility index (Phi) is 8.52. The lowest BCUT2D eigenvalue weighted by Gasteiger charge is -2.26. The summed E-state index contributed by atoms with van der Waals surface area (Å²) in [5.41, 5.74) is 6.43. The van der Waals surface area contributed by atoms with Crippen molar-refractivity contribution in [3.8, 4) is 0 Å². The van der Waals surface area contributed by atoms with Crippen molar-refractivity contribution in [3.05, 3.63) is 0 Å². The maximum atomic E-state index is 6.13. The van der Waals surface area contributed by atoms with Crippen LogP contribution in [0.2, 0.25) is 25.7 Å². The molecule has 0 aromatic carbocycles. The fraction of sp³-hybridized carbons (Fsp3) is 1.00. The molecule has 0 aromatic heterocycles. The van der Waals surface area contributed by atoms with Gasteiger partial charge in [0.05, 0.1) is 8.07 Å². The lowest BCUT2D eigenvalue weighted by Crippen LogP contribution is -2.51. The summed E-state index contributed by atoms with van der Waals surface area (Å²) in [5.74, 6) is 0. The summed E-state index contributed by atoms with van der Waals surface area (Å²) in [7, 11) is 1.32. The van der Waals surface area contributed by atoms with E-state index >= 15 is 0 Å². The minimum absolute atomic E-state index is 0.298. The van der Waals surface area contributed by atoms with Gasteiger partial charge in [-0.25, -0.2) is 0 Å². The van der Waals surface area contributed by atoms with Crippen LogP contribution in [0.4, 0.5) is 0 Å². The molecule has 0 saturated carbocycles. The number of hydrogen-bond donors (Lipinski definition) is 2. The van der Waals surface area contributed by atoms with Gasteiger partial charge in [-0.05, 0) is 13.0 Å². The number of hydrogen-bond acceptors (Lipinski definition) is 5. The highest BCUT2D eigenvalue weighted by Crippen LogP contribution is 2.14. The van der Waals surface area contributed by atoms with Crippen LogP contribution >= 0.6 is 0 Å². The van der Waals surface area contributed by atoms with Crippen molar-refractivity contribution >= 4 is 16.9 Å². The molecule has 0 rings (SSSR count). The fourth-order valence-corrected chi connectivity index (χ4v) is 4.03. The highest BCUT2D eigenvalue weighted by Gasteiger charge is 2.36. The molecular formula is C11H30N2O3Si2. The van der Waals surface area contributed by atoms with Gasteiger partial charge < -0.3 is 24.3 Å². The van der Waals surface area contributed by atoms with Gasteiger partial charge in [-0.2, -0.15) is 0 Å². The first-order valence-corrected chi connectivity index (χ1v) is 11.9. The summed E-state index contributed by atoms with van der Waals surface area (Å²) >= 11 is 0. The molecule has 0 amide bonds. The molecule has 0 heterocycles. The zero-order chi connectivity index (χ0) is 14.2. The van der Waals surface area contributed by atoms with Crippen LogP contribution in [0.25, 0.3) is 0 Å². The third-order valence-electron chi connectivity index (χ3n) is 3.25. The molecule has 3 N–H and O–H groups in total. The van der Waals surface area contributed by atoms with Gasteiger partial charge in [-0.15, -0.1) is 0 Å². The predicted molar refractivity (Wildman–Crippen MR) is 80.4 cm³/mol. The van der Waals surface area contributed by atoms with Gasteiger partial charge in [0, 0.05) is 39.6 Å². The van der Waals surface area contributed by atoms with Crippen molar-refractivity contribution in [3.63, 3.8) is 0 Å². The van der Waals surface area contributed by atoms with E-state index in [0.29, 0.717) is 5.67 Å². The molecule has 1 atom stereocenters. The van der Waals surface area contributed by atoms with E-state index in [9.17, 15) is 0 Å². The van der Waals surface area contributed by atoms with Crippen LogP contribution < -0.4 is 11.1 Å². The zero-order valence-corrected chi connectivity index (χ0v) is 14.7. The molecule has 18 heavy (non-hydrogen) atoms. The standard InChI is InChI=1S/C11H30N2O3Si2/c1-14-18(15-2,16-3)9-7-8-13-10-11(12)17(4,5)6/h11,13H,7-10,12H2,1-6H3. The number of nitrogens with one attached hydrogen (secondary N) is 1. The molecular weight excluding hydrogens is 264 g/mol. The second-order valence-electron chi connectivity index (χ2n) is 5.58. The van der Waals surface area contributed by atoms with Crippen LogP contribution in [0.3, 0.4) is 0 Å². The minimum Gasteiger partial charge on any atom is -0.377 e. The van der Waals surface area contributed by atoms with E-state index < -0.39 is 16.9 Å². The molecule has 0 fully saturated rings. The highest BCUT2D eigenvalue weighted by atomic mass is 28.4. The Bertz CT molecular complexity index is 213. The van der Waals surface area contributed by atoms with E-state index in [1.807, 2.05) is 0 Å². The van der Waals surface area contributed by atoms with Crippen molar-refractivity contribution in [2.45, 2.75) is 37.8 Å². The molecule has 7 heteroatoms. The maximum absolute atomic E-state index is 6.13. The highest BCUT2D eigenvalue weighted by molar-refractivity contribution is 6.77. The summed E-state index contributed by atoms with van der Waals surface area (Å²) in [6.07, 6.45) is 0.972. The molecule has 0 spiro atoms. The van der Waals surface area contributed by atoms with Crippen molar-refractivity contribution in [2.75, 3.05) is 34.4 Å². The van der Waals surface area contributed by atoms with Gasteiger partial charge in [-0.3, -0.25) is 0 Å². The Hall–Kier alpha value is 0.234. The van der Waals surface area contributed by atoms with Gasteiger partial charge in [0.1, 0.15) is 0 Å². The van der Waals surface area contributed by atoms with Crippen LogP contribution in [0.1, 0.15) is 6.42 Å². The van der Waals surface area contributed by atoms with Gasteiger partial charge in [0.15, 0.2) is 0 Å². The molecule has 0 aliphatic carbocycles. The topological polar surface area (TPSA) is 65.7 Å². The van der Waals surface area contributed by atoms with Crippen molar-refractivity contribution in [1.29, 1.82) is 0 Å². The number of nitrogens with two attached hydrogens (primary N) is 1. The Balaban J connectivity index is 3.80. The SMILES string of the molecule is CO[Si](CCCNCC(N)[Si](C)(C)C)(OC)OC. The molecule has 1 unspecified atom stereocenters. The molecule has 0 aliphatic rings. The molecule has 5 nitrogen and oxygen atoms in total. The third-order valence-corrected chi connectivity index (χ3v) is 8.51. The van der Waals surface area contributed by atoms with Crippen molar-refractivity contribution < 1.29 is 13.3 Å². The van der Waals surface area contributed by atoms with Crippen LogP contribution in [-0.4, -0.2) is 57.0 Å². The monoisotopic (exact) mass is 294 g/mol. The first-order valence-electron chi connectivity index (χ1n) is 6.43. The van der Waals surface area contributed by atoms with E-state index in [-0.39, 0.29) is 0 Å². The smallest absolute Gasteiger partial charge is 0.377 e. The average molecular weight is 295 g/mol. The lowest BCUT2D eigenvalue weighted by molar-refractivity contribution is 0.123. The second-order valence-corrected chi connectivity index (χ2v) is 14.1. The minimum atomic E-state index is -2.39. The van der Waals surface area contributed by atoms with E-state index in [2.05, 4.69) is 25.0 Å². The average Bonchev–Trinajstić information content (AvgIpc) is 2.33. The van der Waals surface area contributed by atoms with Crippen LogP contribution in [-0.2, 0) is 13.3 Å². The first kappa shape index (κ1) is 18.2. The normalized spacial score (nSPS) is 14.8. The zero-order valence-electron chi connectivity index (χ0n) is 12.7. The molecule has 0 radical (unpaired) electrons. The Morgan fingerprint density at radius 2 is 1.56 bits per heavy atom. The predicted octanol–water partition coefficient (Wildman–Crippen LogP) is 1.05. The molecule has 0 saturated heterocycles. The summed E-state index contributed by atoms with van der Waals surface area (Å²) in [5, 5.41) is 3.40. The van der Waals surface area contributed by atoms with E-state index in [4.69, 9.17) is 19.0 Å². The third kappa shape index (κ3) is 6.41. The quantitative estimate of drug-likeness (QED) is 0.466. The first-order chi connectivity index (χ1) is 8.31. The van der Waals surface area contributed by atoms with Crippen molar-refractivity contribution in [2.24, 2.45) is 5.73 Å². The van der Waals surface area contributed by atoms with Crippen LogP contribution in [0.5, 0.6) is 0 Å². The van der Waals surface area contributed by atoms with Gasteiger partial charge in [-0.1, -0.05) is 19.6 Å². The van der Waals surface area contributed by atoms with Gasteiger partial charge >= 0.3 is 8.80 Å². The number of rotatable bonds is 10. The summed E-state index contributed by atoms with van der Waals surface area (Å²) in [4.78, 5) is 0.